The molecule has 0 spiro atoms. The number of hydrogen-bond acceptors (Lipinski definition) is 2. The maximum absolute atomic E-state index is 13.7. The van der Waals surface area contributed by atoms with E-state index in [1.54, 1.807) is 30.3 Å². The molecule has 172 valence electrons. The minimum Gasteiger partial charge on any atom is -0.457 e. The highest BCUT2D eigenvalue weighted by molar-refractivity contribution is 7.78. The van der Waals surface area contributed by atoms with Gasteiger partial charge in [0.25, 0.3) is 0 Å². The molecule has 0 aliphatic carbocycles. The molecule has 0 aromatic heterocycles. The van der Waals surface area contributed by atoms with Crippen molar-refractivity contribution < 1.29 is 13.9 Å². The van der Waals surface area contributed by atoms with E-state index in [0.717, 1.165) is 22.4 Å². The number of carbonyl (C=O) groups excluding carboxylic acids is 1. The zero-order valence-electron chi connectivity index (χ0n) is 18.6. The largest absolute Gasteiger partial charge is 0.457 e. The predicted octanol–water partition coefficient (Wildman–Crippen LogP) is 7.31. The Bertz CT molecular complexity index is 1280. The molecule has 4 aromatic rings. The maximum Gasteiger partial charge on any atom is 0.228 e. The third kappa shape index (κ3) is 6.40. The fourth-order valence-corrected chi connectivity index (χ4v) is 4.35. The van der Waals surface area contributed by atoms with Crippen LogP contribution in [0.3, 0.4) is 0 Å². The summed E-state index contributed by atoms with van der Waals surface area (Å²) in [5.74, 6) is 1.40. The van der Waals surface area contributed by atoms with Crippen LogP contribution in [0.2, 0.25) is 5.02 Å². The topological polar surface area (TPSA) is 38.3 Å². The van der Waals surface area contributed by atoms with Crippen LogP contribution in [-0.4, -0.2) is 11.7 Å². The lowest BCUT2D eigenvalue weighted by Crippen LogP contribution is -2.14. The molecule has 0 radical (unpaired) electrons. The molecule has 0 heterocycles. The van der Waals surface area contributed by atoms with Crippen LogP contribution < -0.4 is 10.1 Å². The molecule has 1 N–H and O–H groups in total. The van der Waals surface area contributed by atoms with Crippen molar-refractivity contribution in [2.24, 2.45) is 0 Å². The normalized spacial score (nSPS) is 10.7. The van der Waals surface area contributed by atoms with E-state index in [1.807, 2.05) is 36.4 Å². The molecule has 0 saturated carbocycles. The van der Waals surface area contributed by atoms with Crippen LogP contribution in [0.4, 0.5) is 10.1 Å². The van der Waals surface area contributed by atoms with Crippen LogP contribution in [0.15, 0.2) is 95.9 Å². The second kappa shape index (κ2) is 11.2. The van der Waals surface area contributed by atoms with Crippen LogP contribution in [0, 0.1) is 5.82 Å². The van der Waals surface area contributed by atoms with E-state index in [1.165, 1.54) is 28.8 Å². The number of benzene rings is 4. The van der Waals surface area contributed by atoms with Crippen molar-refractivity contribution in [2.75, 3.05) is 11.1 Å². The molecule has 0 unspecified atom stereocenters. The van der Waals surface area contributed by atoms with Gasteiger partial charge in [0.15, 0.2) is 4.90 Å². The number of nitrogens with one attached hydrogen (secondary N) is 1. The lowest BCUT2D eigenvalue weighted by Gasteiger charge is -2.14. The van der Waals surface area contributed by atoms with E-state index in [9.17, 15) is 9.18 Å². The maximum atomic E-state index is 13.7. The summed E-state index contributed by atoms with van der Waals surface area (Å²) >= 11 is 7.31. The number of rotatable bonds is 8. The van der Waals surface area contributed by atoms with Crippen molar-refractivity contribution in [2.45, 2.75) is 18.2 Å². The van der Waals surface area contributed by atoms with Gasteiger partial charge in [-0.25, -0.2) is 4.39 Å². The molecule has 0 bridgehead atoms. The lowest BCUT2D eigenvalue weighted by atomic mass is 10.0. The Morgan fingerprint density at radius 2 is 1.74 bits per heavy atom. The molecule has 0 aliphatic rings. The summed E-state index contributed by atoms with van der Waals surface area (Å²) in [5, 5.41) is 3.57. The van der Waals surface area contributed by atoms with Crippen LogP contribution in [0.1, 0.15) is 12.5 Å². The van der Waals surface area contributed by atoms with E-state index < -0.39 is 0 Å². The molecule has 0 saturated heterocycles. The molecule has 34 heavy (non-hydrogen) atoms. The first kappa shape index (κ1) is 23.9. The molecule has 4 aromatic carbocycles. The zero-order chi connectivity index (χ0) is 23.9. The quantitative estimate of drug-likeness (QED) is 0.207. The molecule has 1 amide bonds. The fourth-order valence-electron chi connectivity index (χ4n) is 3.50. The summed E-state index contributed by atoms with van der Waals surface area (Å²) < 4.78 is 19.7. The Kier molecular flexibility index (Phi) is 7.88. The van der Waals surface area contributed by atoms with Crippen molar-refractivity contribution in [1.82, 2.24) is 0 Å². The average Bonchev–Trinajstić information content (AvgIpc) is 2.81. The first-order valence-electron chi connectivity index (χ1n) is 10.9. The third-order valence-corrected chi connectivity index (χ3v) is 6.32. The minimum absolute atomic E-state index is 0.128. The highest BCUT2D eigenvalue weighted by atomic mass is 35.5. The van der Waals surface area contributed by atoms with E-state index in [-0.39, 0.29) is 18.1 Å². The Labute approximate surface area is 207 Å². The van der Waals surface area contributed by atoms with Gasteiger partial charge in [0.2, 0.25) is 5.91 Å². The standard InChI is InChI=1S/C28H23ClFNO2S/c1-2-34-25-13-6-19(7-14-25)16-28(32)31-23-12-15-26(20-8-10-21(29)11-9-20)27(18-23)33-24-5-3-4-22(30)17-24/h3-15,17-18H,2,16H2,1H3,(H,31,32)/p+1. The zero-order valence-corrected chi connectivity index (χ0v) is 20.2. The molecular formula is C28H24ClFNO2S+. The van der Waals surface area contributed by atoms with Gasteiger partial charge in [0.1, 0.15) is 23.1 Å². The Morgan fingerprint density at radius 3 is 2.44 bits per heavy atom. The van der Waals surface area contributed by atoms with Crippen LogP contribution >= 0.6 is 11.6 Å². The SMILES string of the molecule is CC[SH+]c1ccc(CC(=O)Nc2ccc(-c3ccc(Cl)cc3)c(Oc3cccc(F)c3)c2)cc1. The van der Waals surface area contributed by atoms with Gasteiger partial charge in [-0.15, -0.1) is 0 Å². The van der Waals surface area contributed by atoms with Crippen molar-refractivity contribution >= 4 is 35.0 Å². The van der Waals surface area contributed by atoms with Crippen molar-refractivity contribution in [3.8, 4) is 22.6 Å². The third-order valence-electron chi connectivity index (χ3n) is 5.09. The second-order valence-corrected chi connectivity index (χ2v) is 9.54. The monoisotopic (exact) mass is 492 g/mol. The molecule has 0 aliphatic heterocycles. The molecule has 3 nitrogen and oxygen atoms in total. The number of anilines is 1. The number of thiol groups is 1. The van der Waals surface area contributed by atoms with Crippen LogP contribution in [0.25, 0.3) is 11.1 Å². The first-order chi connectivity index (χ1) is 16.5. The summed E-state index contributed by atoms with van der Waals surface area (Å²) in [6.45, 7) is 2.13. The fraction of sp³-hybridized carbons (Fsp3) is 0.107. The van der Waals surface area contributed by atoms with Crippen molar-refractivity contribution in [3.05, 3.63) is 107 Å². The molecule has 0 atom stereocenters. The molecular weight excluding hydrogens is 469 g/mol. The number of ether oxygens (including phenoxy) is 1. The lowest BCUT2D eigenvalue weighted by molar-refractivity contribution is -0.115. The van der Waals surface area contributed by atoms with Gasteiger partial charge in [0, 0.05) is 40.2 Å². The van der Waals surface area contributed by atoms with Gasteiger partial charge in [-0.3, -0.25) is 4.79 Å². The van der Waals surface area contributed by atoms with Gasteiger partial charge in [0.05, 0.1) is 6.42 Å². The number of carbonyl (C=O) groups is 1. The van der Waals surface area contributed by atoms with Crippen molar-refractivity contribution in [1.29, 1.82) is 0 Å². The summed E-state index contributed by atoms with van der Waals surface area (Å²) in [6, 6.07) is 26.8. The minimum atomic E-state index is -0.389. The predicted molar refractivity (Wildman–Crippen MR) is 140 cm³/mol. The molecule has 6 heteroatoms. The number of halogens is 2. The molecule has 4 rings (SSSR count). The summed E-state index contributed by atoms with van der Waals surface area (Å²) in [6.07, 6.45) is 0.266. The first-order valence-corrected chi connectivity index (χ1v) is 12.4. The highest BCUT2D eigenvalue weighted by Gasteiger charge is 2.12. The Hall–Kier alpha value is -3.28. The van der Waals surface area contributed by atoms with Crippen LogP contribution in [-0.2, 0) is 23.0 Å². The van der Waals surface area contributed by atoms with Gasteiger partial charge in [-0.1, -0.05) is 41.9 Å². The van der Waals surface area contributed by atoms with E-state index in [2.05, 4.69) is 24.4 Å². The molecule has 0 fully saturated rings. The summed E-state index contributed by atoms with van der Waals surface area (Å²) in [7, 11) is 0. The van der Waals surface area contributed by atoms with E-state index >= 15 is 0 Å². The van der Waals surface area contributed by atoms with Gasteiger partial charge >= 0.3 is 0 Å². The highest BCUT2D eigenvalue weighted by Crippen LogP contribution is 2.36. The van der Waals surface area contributed by atoms with E-state index in [0.29, 0.717) is 22.2 Å². The van der Waals surface area contributed by atoms with E-state index in [4.69, 9.17) is 16.3 Å². The Morgan fingerprint density at radius 1 is 0.971 bits per heavy atom. The van der Waals surface area contributed by atoms with Gasteiger partial charge in [-0.2, -0.15) is 0 Å². The van der Waals surface area contributed by atoms with Gasteiger partial charge in [-0.05, 0) is 66.6 Å². The summed E-state index contributed by atoms with van der Waals surface area (Å²) in [4.78, 5) is 13.9. The van der Waals surface area contributed by atoms with Crippen LogP contribution in [0.5, 0.6) is 11.5 Å². The average molecular weight is 493 g/mol. The summed E-state index contributed by atoms with van der Waals surface area (Å²) in [5.41, 5.74) is 3.22. The van der Waals surface area contributed by atoms with Crippen molar-refractivity contribution in [3.63, 3.8) is 0 Å². The second-order valence-electron chi connectivity index (χ2n) is 7.64. The number of hydrogen-bond donors (Lipinski definition) is 1. The number of amides is 1. The van der Waals surface area contributed by atoms with Gasteiger partial charge < -0.3 is 10.1 Å². The Balaban J connectivity index is 1.56. The smallest absolute Gasteiger partial charge is 0.228 e.